The third-order valence-electron chi connectivity index (χ3n) is 2.67. The van der Waals surface area contributed by atoms with Crippen molar-refractivity contribution in [3.05, 3.63) is 47.5 Å². The van der Waals surface area contributed by atoms with E-state index < -0.39 is 5.97 Å². The summed E-state index contributed by atoms with van der Waals surface area (Å²) in [5.74, 6) is -0.578. The Labute approximate surface area is 114 Å². The molecule has 1 aromatic heterocycles. The minimum absolute atomic E-state index is 0.126. The summed E-state index contributed by atoms with van der Waals surface area (Å²) in [5.41, 5.74) is 8.32. The zero-order valence-electron chi connectivity index (χ0n) is 10.3. The normalized spacial score (nSPS) is 10.4. The molecule has 19 heavy (non-hydrogen) atoms. The number of carbonyl (C=O) groups is 1. The van der Waals surface area contributed by atoms with Crippen molar-refractivity contribution >= 4 is 23.4 Å². The fourth-order valence-corrected chi connectivity index (χ4v) is 2.59. The Morgan fingerprint density at radius 3 is 3.00 bits per heavy atom. The first-order valence-electron chi connectivity index (χ1n) is 5.59. The van der Waals surface area contributed by atoms with Crippen molar-refractivity contribution in [3.63, 3.8) is 0 Å². The number of hydrogen-bond donors (Lipinski definition) is 2. The maximum absolute atomic E-state index is 11.0. The highest BCUT2D eigenvalue weighted by molar-refractivity contribution is 7.98. The van der Waals surface area contributed by atoms with Crippen LogP contribution in [-0.4, -0.2) is 21.0 Å². The van der Waals surface area contributed by atoms with E-state index in [1.165, 1.54) is 24.3 Å². The number of para-hydroxylation sites is 1. The average molecular weight is 275 g/mol. The predicted octanol–water partition coefficient (Wildman–Crippen LogP) is 2.36. The summed E-state index contributed by atoms with van der Waals surface area (Å²) in [6.45, 7) is 1.94. The van der Waals surface area contributed by atoms with E-state index in [2.05, 4.69) is 9.97 Å². The molecule has 0 aliphatic carbocycles. The first kappa shape index (κ1) is 13.4. The first-order chi connectivity index (χ1) is 9.09. The van der Waals surface area contributed by atoms with Crippen LogP contribution >= 0.6 is 11.8 Å². The van der Waals surface area contributed by atoms with Gasteiger partial charge in [0.25, 0.3) is 0 Å². The third kappa shape index (κ3) is 3.03. The summed E-state index contributed by atoms with van der Waals surface area (Å²) >= 11 is 1.47. The fraction of sp³-hybridized carbons (Fsp3) is 0.154. The Kier molecular flexibility index (Phi) is 4.01. The number of aromatic carboxylic acids is 1. The van der Waals surface area contributed by atoms with Crippen LogP contribution in [-0.2, 0) is 5.75 Å². The molecule has 0 saturated carbocycles. The number of nitrogens with zero attached hydrogens (tertiary/aromatic N) is 2. The third-order valence-corrected chi connectivity index (χ3v) is 3.76. The Morgan fingerprint density at radius 1 is 1.47 bits per heavy atom. The summed E-state index contributed by atoms with van der Waals surface area (Å²) in [7, 11) is 0. The SMILES string of the molecule is Cc1cccc(SCc2ncncc2C(=O)O)c1N. The van der Waals surface area contributed by atoms with Gasteiger partial charge in [0.2, 0.25) is 0 Å². The van der Waals surface area contributed by atoms with Crippen LogP contribution < -0.4 is 5.73 Å². The van der Waals surface area contributed by atoms with Crippen LogP contribution in [0.4, 0.5) is 5.69 Å². The monoisotopic (exact) mass is 275 g/mol. The Morgan fingerprint density at radius 2 is 2.26 bits per heavy atom. The van der Waals surface area contributed by atoms with Crippen LogP contribution in [0.3, 0.4) is 0 Å². The number of benzene rings is 1. The highest BCUT2D eigenvalue weighted by Crippen LogP contribution is 2.30. The van der Waals surface area contributed by atoms with Gasteiger partial charge in [0, 0.05) is 22.5 Å². The number of hydrogen-bond acceptors (Lipinski definition) is 5. The second kappa shape index (κ2) is 5.71. The second-order valence-corrected chi connectivity index (χ2v) is 4.98. The van der Waals surface area contributed by atoms with Gasteiger partial charge in [-0.25, -0.2) is 14.8 Å². The molecule has 0 unspecified atom stereocenters. The van der Waals surface area contributed by atoms with Gasteiger partial charge in [0.05, 0.1) is 5.69 Å². The molecular formula is C13H13N3O2S. The number of rotatable bonds is 4. The topological polar surface area (TPSA) is 89.1 Å². The van der Waals surface area contributed by atoms with Gasteiger partial charge in [-0.05, 0) is 18.6 Å². The molecule has 0 radical (unpaired) electrons. The number of nitrogens with two attached hydrogens (primary N) is 1. The number of aryl methyl sites for hydroxylation is 1. The van der Waals surface area contributed by atoms with Gasteiger partial charge >= 0.3 is 5.97 Å². The van der Waals surface area contributed by atoms with E-state index in [1.54, 1.807) is 0 Å². The zero-order valence-corrected chi connectivity index (χ0v) is 11.1. The smallest absolute Gasteiger partial charge is 0.339 e. The largest absolute Gasteiger partial charge is 0.478 e. The van der Waals surface area contributed by atoms with E-state index in [4.69, 9.17) is 10.8 Å². The lowest BCUT2D eigenvalue weighted by molar-refractivity contribution is 0.0695. The molecule has 1 aromatic carbocycles. The molecule has 6 heteroatoms. The van der Waals surface area contributed by atoms with Crippen molar-refractivity contribution in [1.29, 1.82) is 0 Å². The van der Waals surface area contributed by atoms with Crippen LogP contribution in [0.1, 0.15) is 21.6 Å². The number of anilines is 1. The molecule has 0 aliphatic heterocycles. The van der Waals surface area contributed by atoms with Gasteiger partial charge in [-0.1, -0.05) is 12.1 Å². The van der Waals surface area contributed by atoms with E-state index in [9.17, 15) is 4.79 Å². The fourth-order valence-electron chi connectivity index (χ4n) is 1.57. The average Bonchev–Trinajstić information content (AvgIpc) is 2.40. The molecule has 0 atom stereocenters. The number of nitrogen functional groups attached to an aromatic ring is 1. The molecule has 2 rings (SSSR count). The van der Waals surface area contributed by atoms with Gasteiger partial charge in [-0.15, -0.1) is 11.8 Å². The standard InChI is InChI=1S/C13H13N3O2S/c1-8-3-2-4-11(12(8)14)19-6-10-9(13(17)18)5-15-7-16-10/h2-5,7H,6,14H2,1H3,(H,17,18). The van der Waals surface area contributed by atoms with Crippen LogP contribution in [0.25, 0.3) is 0 Å². The Hall–Kier alpha value is -2.08. The molecule has 1 heterocycles. The molecule has 0 fully saturated rings. The molecule has 98 valence electrons. The second-order valence-electron chi connectivity index (χ2n) is 3.96. The predicted molar refractivity (Wildman–Crippen MR) is 74.1 cm³/mol. The molecule has 5 nitrogen and oxygen atoms in total. The van der Waals surface area contributed by atoms with E-state index in [1.807, 2.05) is 25.1 Å². The molecule has 0 spiro atoms. The lowest BCUT2D eigenvalue weighted by atomic mass is 10.2. The van der Waals surface area contributed by atoms with Crippen molar-refractivity contribution < 1.29 is 9.90 Å². The molecule has 0 aliphatic rings. The zero-order chi connectivity index (χ0) is 13.8. The van der Waals surface area contributed by atoms with Crippen molar-refractivity contribution in [1.82, 2.24) is 9.97 Å². The van der Waals surface area contributed by atoms with Crippen LogP contribution in [0.15, 0.2) is 35.6 Å². The maximum atomic E-state index is 11.0. The van der Waals surface area contributed by atoms with Crippen LogP contribution in [0, 0.1) is 6.92 Å². The lowest BCUT2D eigenvalue weighted by Gasteiger charge is -2.08. The van der Waals surface area contributed by atoms with Crippen molar-refractivity contribution in [2.24, 2.45) is 0 Å². The van der Waals surface area contributed by atoms with Gasteiger partial charge in [-0.2, -0.15) is 0 Å². The van der Waals surface area contributed by atoms with E-state index >= 15 is 0 Å². The van der Waals surface area contributed by atoms with E-state index in [-0.39, 0.29) is 5.56 Å². The Bertz CT molecular complexity index is 617. The number of aromatic nitrogens is 2. The summed E-state index contributed by atoms with van der Waals surface area (Å²) in [4.78, 5) is 19.7. The molecule has 0 bridgehead atoms. The quantitative estimate of drug-likeness (QED) is 0.657. The minimum Gasteiger partial charge on any atom is -0.478 e. The first-order valence-corrected chi connectivity index (χ1v) is 6.58. The van der Waals surface area contributed by atoms with E-state index in [0.717, 1.165) is 16.1 Å². The van der Waals surface area contributed by atoms with Crippen LogP contribution in [0.2, 0.25) is 0 Å². The van der Waals surface area contributed by atoms with Gasteiger partial charge in [0.15, 0.2) is 0 Å². The molecule has 0 saturated heterocycles. The maximum Gasteiger partial charge on any atom is 0.339 e. The number of carboxylic acids is 1. The number of carboxylic acid groups (broad SMARTS) is 1. The van der Waals surface area contributed by atoms with Crippen molar-refractivity contribution in [2.75, 3.05) is 5.73 Å². The highest BCUT2D eigenvalue weighted by Gasteiger charge is 2.12. The van der Waals surface area contributed by atoms with Crippen molar-refractivity contribution in [3.8, 4) is 0 Å². The van der Waals surface area contributed by atoms with E-state index in [0.29, 0.717) is 11.4 Å². The van der Waals surface area contributed by atoms with Gasteiger partial charge in [0.1, 0.15) is 11.9 Å². The van der Waals surface area contributed by atoms with Gasteiger partial charge < -0.3 is 10.8 Å². The summed E-state index contributed by atoms with van der Waals surface area (Å²) < 4.78 is 0. The number of thioether (sulfide) groups is 1. The summed E-state index contributed by atoms with van der Waals surface area (Å²) in [6.07, 6.45) is 2.66. The summed E-state index contributed by atoms with van der Waals surface area (Å²) in [5, 5.41) is 9.05. The minimum atomic E-state index is -1.02. The molecular weight excluding hydrogens is 262 g/mol. The van der Waals surface area contributed by atoms with Crippen LogP contribution in [0.5, 0.6) is 0 Å². The van der Waals surface area contributed by atoms with Gasteiger partial charge in [-0.3, -0.25) is 0 Å². The Balaban J connectivity index is 2.19. The highest BCUT2D eigenvalue weighted by atomic mass is 32.2. The molecule has 2 aromatic rings. The lowest BCUT2D eigenvalue weighted by Crippen LogP contribution is -2.04. The molecule has 0 amide bonds. The molecule has 3 N–H and O–H groups in total. The summed E-state index contributed by atoms with van der Waals surface area (Å²) in [6, 6.07) is 5.77. The van der Waals surface area contributed by atoms with Crippen molar-refractivity contribution in [2.45, 2.75) is 17.6 Å².